The van der Waals surface area contributed by atoms with Crippen molar-refractivity contribution in [2.75, 3.05) is 19.4 Å². The van der Waals surface area contributed by atoms with Crippen LogP contribution in [0.1, 0.15) is 58.3 Å². The van der Waals surface area contributed by atoms with Gasteiger partial charge in [-0.2, -0.15) is 0 Å². The number of ether oxygens (including phenoxy) is 1. The Bertz CT molecular complexity index is 266. The van der Waals surface area contributed by atoms with Crippen molar-refractivity contribution in [3.63, 3.8) is 0 Å². The van der Waals surface area contributed by atoms with Gasteiger partial charge >= 0.3 is 5.97 Å². The van der Waals surface area contributed by atoms with Crippen molar-refractivity contribution >= 4 is 13.3 Å². The molecule has 0 aromatic carbocycles. The van der Waals surface area contributed by atoms with Gasteiger partial charge in [0, 0.05) is 6.16 Å². The second kappa shape index (κ2) is 10.6. The number of hydrogen-bond donors (Lipinski definition) is 1. The van der Waals surface area contributed by atoms with Gasteiger partial charge in [0.2, 0.25) is 7.37 Å². The predicted molar refractivity (Wildman–Crippen MR) is 74.2 cm³/mol. The third kappa shape index (κ3) is 10.8. The fourth-order valence-electron chi connectivity index (χ4n) is 1.84. The summed E-state index contributed by atoms with van der Waals surface area (Å²) in [6.07, 6.45) is 8.98. The first-order valence-electron chi connectivity index (χ1n) is 6.89. The molecule has 0 rings (SSSR count). The number of methoxy groups -OCH3 is 1. The highest BCUT2D eigenvalue weighted by Gasteiger charge is 2.22. The summed E-state index contributed by atoms with van der Waals surface area (Å²) in [5, 5.41) is 0. The van der Waals surface area contributed by atoms with Crippen LogP contribution >= 0.6 is 7.37 Å². The van der Waals surface area contributed by atoms with E-state index in [1.54, 1.807) is 0 Å². The Balaban J connectivity index is 3.47. The molecule has 0 aromatic heterocycles. The highest BCUT2D eigenvalue weighted by atomic mass is 31.2. The van der Waals surface area contributed by atoms with Crippen molar-refractivity contribution < 1.29 is 19.0 Å². The van der Waals surface area contributed by atoms with E-state index in [1.165, 1.54) is 39.2 Å². The number of rotatable bonds is 11. The second-order valence-corrected chi connectivity index (χ2v) is 7.24. The summed E-state index contributed by atoms with van der Waals surface area (Å²) >= 11 is 0. The first kappa shape index (κ1) is 17.7. The van der Waals surface area contributed by atoms with Crippen molar-refractivity contribution in [1.82, 2.24) is 0 Å². The standard InChI is InChI=1S/C13H27O4P/c1-3-4-5-6-7-8-9-10-11-18(15,16)12-13(14)17-2/h3-12H2,1-2H3,(H,15,16). The Morgan fingerprint density at radius 2 is 1.56 bits per heavy atom. The van der Waals surface area contributed by atoms with E-state index in [-0.39, 0.29) is 12.3 Å². The van der Waals surface area contributed by atoms with Crippen molar-refractivity contribution in [2.24, 2.45) is 0 Å². The molecule has 0 aliphatic heterocycles. The number of carbonyl (C=O) groups is 1. The van der Waals surface area contributed by atoms with E-state index in [9.17, 15) is 14.3 Å². The lowest BCUT2D eigenvalue weighted by Crippen LogP contribution is -2.09. The molecule has 108 valence electrons. The van der Waals surface area contributed by atoms with Crippen LogP contribution < -0.4 is 0 Å². The molecule has 0 bridgehead atoms. The minimum absolute atomic E-state index is 0.233. The lowest BCUT2D eigenvalue weighted by Gasteiger charge is -2.09. The maximum atomic E-state index is 11.6. The predicted octanol–water partition coefficient (Wildman–Crippen LogP) is 3.57. The fourth-order valence-corrected chi connectivity index (χ4v) is 3.25. The van der Waals surface area contributed by atoms with E-state index in [2.05, 4.69) is 11.7 Å². The van der Waals surface area contributed by atoms with E-state index in [0.29, 0.717) is 0 Å². The Labute approximate surface area is 111 Å². The van der Waals surface area contributed by atoms with Crippen LogP contribution in [0, 0.1) is 0 Å². The highest BCUT2D eigenvalue weighted by molar-refractivity contribution is 7.58. The van der Waals surface area contributed by atoms with Gasteiger partial charge in [-0.3, -0.25) is 9.36 Å². The van der Waals surface area contributed by atoms with Crippen LogP contribution in [0.3, 0.4) is 0 Å². The summed E-state index contributed by atoms with van der Waals surface area (Å²) in [5.41, 5.74) is 0. The molecular weight excluding hydrogens is 251 g/mol. The maximum Gasteiger partial charge on any atom is 0.315 e. The zero-order chi connectivity index (χ0) is 13.9. The molecule has 0 amide bonds. The maximum absolute atomic E-state index is 11.6. The van der Waals surface area contributed by atoms with Crippen LogP contribution in [0.25, 0.3) is 0 Å². The van der Waals surface area contributed by atoms with Gasteiger partial charge in [0.05, 0.1) is 7.11 Å². The lowest BCUT2D eigenvalue weighted by atomic mass is 10.1. The van der Waals surface area contributed by atoms with Crippen LogP contribution in [-0.4, -0.2) is 30.3 Å². The van der Waals surface area contributed by atoms with Crippen LogP contribution in [0.2, 0.25) is 0 Å². The van der Waals surface area contributed by atoms with Crippen molar-refractivity contribution in [2.45, 2.75) is 58.3 Å². The molecule has 0 aliphatic rings. The van der Waals surface area contributed by atoms with Gasteiger partial charge in [0.15, 0.2) is 0 Å². The van der Waals surface area contributed by atoms with Crippen molar-refractivity contribution in [3.8, 4) is 0 Å². The second-order valence-electron chi connectivity index (χ2n) is 4.78. The van der Waals surface area contributed by atoms with Gasteiger partial charge < -0.3 is 9.63 Å². The largest absolute Gasteiger partial charge is 0.469 e. The molecular formula is C13H27O4P. The number of carbonyl (C=O) groups excluding carboxylic acids is 1. The third-order valence-corrected chi connectivity index (χ3v) is 4.73. The van der Waals surface area contributed by atoms with Crippen LogP contribution in [-0.2, 0) is 14.1 Å². The first-order chi connectivity index (χ1) is 8.52. The molecule has 0 fully saturated rings. The number of hydrogen-bond acceptors (Lipinski definition) is 3. The zero-order valence-electron chi connectivity index (χ0n) is 11.7. The molecule has 4 nitrogen and oxygen atoms in total. The average molecular weight is 278 g/mol. The smallest absolute Gasteiger partial charge is 0.315 e. The third-order valence-electron chi connectivity index (χ3n) is 2.96. The fraction of sp³-hybridized carbons (Fsp3) is 0.923. The first-order valence-corrected chi connectivity index (χ1v) is 8.92. The Hall–Kier alpha value is -0.340. The topological polar surface area (TPSA) is 63.6 Å². The van der Waals surface area contributed by atoms with Gasteiger partial charge in [0.1, 0.15) is 6.16 Å². The van der Waals surface area contributed by atoms with Gasteiger partial charge in [-0.15, -0.1) is 0 Å². The average Bonchev–Trinajstić information content (AvgIpc) is 2.31. The molecule has 18 heavy (non-hydrogen) atoms. The Morgan fingerprint density at radius 3 is 2.06 bits per heavy atom. The zero-order valence-corrected chi connectivity index (χ0v) is 12.6. The summed E-state index contributed by atoms with van der Waals surface area (Å²) in [4.78, 5) is 20.5. The number of unbranched alkanes of at least 4 members (excludes halogenated alkanes) is 7. The molecule has 1 atom stereocenters. The van der Waals surface area contributed by atoms with E-state index >= 15 is 0 Å². The normalized spacial score (nSPS) is 14.2. The van der Waals surface area contributed by atoms with Gasteiger partial charge in [-0.1, -0.05) is 51.9 Å². The summed E-state index contributed by atoms with van der Waals surface area (Å²) < 4.78 is 16.0. The molecule has 0 saturated heterocycles. The van der Waals surface area contributed by atoms with E-state index < -0.39 is 13.3 Å². The van der Waals surface area contributed by atoms with Crippen LogP contribution in [0.5, 0.6) is 0 Å². The molecule has 1 unspecified atom stereocenters. The number of esters is 1. The summed E-state index contributed by atoms with van der Waals surface area (Å²) in [6, 6.07) is 0. The SMILES string of the molecule is CCCCCCCCCCP(=O)(O)CC(=O)OC. The lowest BCUT2D eigenvalue weighted by molar-refractivity contribution is -0.137. The van der Waals surface area contributed by atoms with Crippen molar-refractivity contribution in [1.29, 1.82) is 0 Å². The minimum Gasteiger partial charge on any atom is -0.469 e. The van der Waals surface area contributed by atoms with Gasteiger partial charge in [0.25, 0.3) is 0 Å². The van der Waals surface area contributed by atoms with E-state index in [1.807, 2.05) is 0 Å². The minimum atomic E-state index is -3.31. The molecule has 0 saturated carbocycles. The molecule has 1 N–H and O–H groups in total. The van der Waals surface area contributed by atoms with Crippen LogP contribution in [0.15, 0.2) is 0 Å². The van der Waals surface area contributed by atoms with E-state index in [4.69, 9.17) is 0 Å². The molecule has 0 aliphatic carbocycles. The summed E-state index contributed by atoms with van der Waals surface area (Å²) in [7, 11) is -2.07. The van der Waals surface area contributed by atoms with Crippen LogP contribution in [0.4, 0.5) is 0 Å². The monoisotopic (exact) mass is 278 g/mol. The van der Waals surface area contributed by atoms with Gasteiger partial charge in [-0.05, 0) is 6.42 Å². The summed E-state index contributed by atoms with van der Waals surface area (Å²) in [5.74, 6) is -0.597. The Morgan fingerprint density at radius 1 is 1.06 bits per heavy atom. The molecule has 0 aromatic rings. The molecule has 5 heteroatoms. The highest BCUT2D eigenvalue weighted by Crippen LogP contribution is 2.41. The molecule has 0 radical (unpaired) electrons. The van der Waals surface area contributed by atoms with Gasteiger partial charge in [-0.25, -0.2) is 0 Å². The van der Waals surface area contributed by atoms with Crippen molar-refractivity contribution in [3.05, 3.63) is 0 Å². The molecule has 0 heterocycles. The summed E-state index contributed by atoms with van der Waals surface area (Å²) in [6.45, 7) is 2.19. The van der Waals surface area contributed by atoms with E-state index in [0.717, 1.165) is 19.3 Å². The molecule has 0 spiro atoms. The quantitative estimate of drug-likeness (QED) is 0.356. The Kier molecular flexibility index (Phi) is 10.4.